The van der Waals surface area contributed by atoms with Gasteiger partial charge in [-0.25, -0.2) is 0 Å². The molecule has 1 N–H and O–H groups in total. The van der Waals surface area contributed by atoms with Crippen molar-refractivity contribution in [3.05, 3.63) is 28.5 Å². The maximum absolute atomic E-state index is 10.9. The molecule has 1 unspecified atom stereocenters. The molecule has 76 valence electrons. The fourth-order valence-corrected chi connectivity index (χ4v) is 1.52. The molecule has 1 aromatic heterocycles. The van der Waals surface area contributed by atoms with Crippen molar-refractivity contribution in [2.45, 2.75) is 12.5 Å². The van der Waals surface area contributed by atoms with E-state index in [-0.39, 0.29) is 6.42 Å². The minimum absolute atomic E-state index is 0.0564. The molecule has 0 radical (unpaired) electrons. The summed E-state index contributed by atoms with van der Waals surface area (Å²) in [5, 5.41) is 9.64. The van der Waals surface area contributed by atoms with Crippen LogP contribution in [0.2, 0.25) is 0 Å². The van der Waals surface area contributed by atoms with Gasteiger partial charge in [0.15, 0.2) is 0 Å². The number of hydrogen-bond donors (Lipinski definition) is 1. The largest absolute Gasteiger partial charge is 0.469 e. The highest BCUT2D eigenvalue weighted by Gasteiger charge is 2.15. The molecule has 1 atom stereocenters. The van der Waals surface area contributed by atoms with Gasteiger partial charge in [-0.15, -0.1) is 0 Å². The Labute approximate surface area is 90.0 Å². The van der Waals surface area contributed by atoms with Gasteiger partial charge in [-0.2, -0.15) is 0 Å². The zero-order chi connectivity index (χ0) is 10.6. The highest BCUT2D eigenvalue weighted by molar-refractivity contribution is 9.10. The number of esters is 1. The molecular weight excluding hydrogens is 250 g/mol. The number of aliphatic hydroxyl groups excluding tert-OH is 1. The van der Waals surface area contributed by atoms with E-state index >= 15 is 0 Å². The molecule has 4 nitrogen and oxygen atoms in total. The Bertz CT molecular complexity index is 330. The van der Waals surface area contributed by atoms with Crippen molar-refractivity contribution in [2.24, 2.45) is 0 Å². The molecule has 1 rings (SSSR count). The smallest absolute Gasteiger partial charge is 0.308 e. The molecule has 0 aliphatic carbocycles. The van der Waals surface area contributed by atoms with Crippen LogP contribution in [0.1, 0.15) is 18.1 Å². The summed E-state index contributed by atoms with van der Waals surface area (Å²) in [6.07, 6.45) is 2.20. The van der Waals surface area contributed by atoms with Crippen LogP contribution in [-0.4, -0.2) is 23.2 Å². The van der Waals surface area contributed by atoms with Crippen LogP contribution >= 0.6 is 15.9 Å². The average Bonchev–Trinajstić information content (AvgIpc) is 2.18. The Hall–Kier alpha value is -0.940. The minimum atomic E-state index is -0.861. The van der Waals surface area contributed by atoms with Crippen LogP contribution in [0, 0.1) is 0 Å². The van der Waals surface area contributed by atoms with Crippen molar-refractivity contribution < 1.29 is 14.6 Å². The highest BCUT2D eigenvalue weighted by atomic mass is 79.9. The quantitative estimate of drug-likeness (QED) is 0.835. The molecule has 0 aliphatic heterocycles. The van der Waals surface area contributed by atoms with E-state index in [1.54, 1.807) is 18.5 Å². The van der Waals surface area contributed by atoms with Crippen LogP contribution in [0.25, 0.3) is 0 Å². The second-order valence-corrected chi connectivity index (χ2v) is 3.55. The Morgan fingerprint density at radius 1 is 1.79 bits per heavy atom. The predicted molar refractivity (Wildman–Crippen MR) is 53.5 cm³/mol. The van der Waals surface area contributed by atoms with Gasteiger partial charge in [-0.05, 0) is 27.6 Å². The molecule has 0 bridgehead atoms. The van der Waals surface area contributed by atoms with E-state index in [0.717, 1.165) is 0 Å². The Morgan fingerprint density at radius 2 is 2.50 bits per heavy atom. The van der Waals surface area contributed by atoms with Crippen LogP contribution in [0.4, 0.5) is 0 Å². The Morgan fingerprint density at radius 3 is 3.07 bits per heavy atom. The number of nitrogens with zero attached hydrogens (tertiary/aromatic N) is 1. The first-order valence-electron chi connectivity index (χ1n) is 3.99. The number of pyridine rings is 1. The lowest BCUT2D eigenvalue weighted by Gasteiger charge is -2.10. The lowest BCUT2D eigenvalue weighted by atomic mass is 10.1. The monoisotopic (exact) mass is 259 g/mol. The van der Waals surface area contributed by atoms with E-state index in [9.17, 15) is 9.90 Å². The molecule has 5 heteroatoms. The normalized spacial score (nSPS) is 12.2. The number of aliphatic hydroxyl groups is 1. The number of hydrogen-bond acceptors (Lipinski definition) is 4. The SMILES string of the molecule is COC(=O)CC(O)c1ccncc1Br. The van der Waals surface area contributed by atoms with Gasteiger partial charge in [0.2, 0.25) is 0 Å². The zero-order valence-corrected chi connectivity index (χ0v) is 9.19. The van der Waals surface area contributed by atoms with Crippen LogP contribution < -0.4 is 0 Å². The molecule has 1 heterocycles. The zero-order valence-electron chi connectivity index (χ0n) is 7.61. The number of carbonyl (C=O) groups is 1. The number of halogens is 1. The number of carbonyl (C=O) groups excluding carboxylic acids is 1. The van der Waals surface area contributed by atoms with Gasteiger partial charge in [0.05, 0.1) is 19.6 Å². The molecule has 0 saturated heterocycles. The second kappa shape index (κ2) is 5.07. The van der Waals surface area contributed by atoms with Crippen molar-refractivity contribution in [1.82, 2.24) is 4.98 Å². The molecular formula is C9H10BrNO3. The van der Waals surface area contributed by atoms with E-state index in [0.29, 0.717) is 10.0 Å². The molecule has 14 heavy (non-hydrogen) atoms. The first-order valence-corrected chi connectivity index (χ1v) is 4.78. The van der Waals surface area contributed by atoms with Crippen LogP contribution in [0.5, 0.6) is 0 Å². The van der Waals surface area contributed by atoms with E-state index in [2.05, 4.69) is 25.7 Å². The fourth-order valence-electron chi connectivity index (χ4n) is 1.01. The van der Waals surface area contributed by atoms with Crippen molar-refractivity contribution >= 4 is 21.9 Å². The molecule has 0 aromatic carbocycles. The standard InChI is InChI=1S/C9H10BrNO3/c1-14-9(13)4-8(12)6-2-3-11-5-7(6)10/h2-3,5,8,12H,4H2,1H3. The lowest BCUT2D eigenvalue weighted by molar-refractivity contribution is -0.142. The molecule has 0 saturated carbocycles. The van der Waals surface area contributed by atoms with E-state index in [1.807, 2.05) is 0 Å². The third-order valence-electron chi connectivity index (χ3n) is 1.75. The third kappa shape index (κ3) is 2.78. The number of methoxy groups -OCH3 is 1. The van der Waals surface area contributed by atoms with Gasteiger partial charge in [-0.3, -0.25) is 9.78 Å². The predicted octanol–water partition coefficient (Wildman–Crippen LogP) is 1.44. The maximum Gasteiger partial charge on any atom is 0.308 e. The number of aromatic nitrogens is 1. The summed E-state index contributed by atoms with van der Waals surface area (Å²) in [6.45, 7) is 0. The number of rotatable bonds is 3. The van der Waals surface area contributed by atoms with Gasteiger partial charge in [-0.1, -0.05) is 0 Å². The summed E-state index contributed by atoms with van der Waals surface area (Å²) in [7, 11) is 1.29. The van der Waals surface area contributed by atoms with Gasteiger partial charge < -0.3 is 9.84 Å². The summed E-state index contributed by atoms with van der Waals surface area (Å²) in [6, 6.07) is 1.65. The first kappa shape index (κ1) is 11.1. The third-order valence-corrected chi connectivity index (χ3v) is 2.41. The van der Waals surface area contributed by atoms with Gasteiger partial charge in [0, 0.05) is 16.9 Å². The van der Waals surface area contributed by atoms with Crippen LogP contribution in [-0.2, 0) is 9.53 Å². The van der Waals surface area contributed by atoms with Crippen molar-refractivity contribution in [3.63, 3.8) is 0 Å². The van der Waals surface area contributed by atoms with E-state index in [1.165, 1.54) is 7.11 Å². The molecule has 0 amide bonds. The summed E-state index contributed by atoms with van der Waals surface area (Å²) in [5.74, 6) is -0.443. The Balaban J connectivity index is 2.74. The lowest BCUT2D eigenvalue weighted by Crippen LogP contribution is -2.08. The Kier molecular flexibility index (Phi) is 4.03. The summed E-state index contributed by atoms with van der Waals surface area (Å²) in [5.41, 5.74) is 0.630. The van der Waals surface area contributed by atoms with Crippen LogP contribution in [0.3, 0.4) is 0 Å². The van der Waals surface area contributed by atoms with Crippen molar-refractivity contribution in [2.75, 3.05) is 7.11 Å². The summed E-state index contributed by atoms with van der Waals surface area (Å²) in [4.78, 5) is 14.7. The van der Waals surface area contributed by atoms with Crippen molar-refractivity contribution in [3.8, 4) is 0 Å². The molecule has 0 fully saturated rings. The van der Waals surface area contributed by atoms with E-state index in [4.69, 9.17) is 0 Å². The summed E-state index contributed by atoms with van der Waals surface area (Å²) >= 11 is 3.23. The summed E-state index contributed by atoms with van der Waals surface area (Å²) < 4.78 is 5.13. The fraction of sp³-hybridized carbons (Fsp3) is 0.333. The van der Waals surface area contributed by atoms with Crippen LogP contribution in [0.15, 0.2) is 22.9 Å². The molecule has 0 spiro atoms. The van der Waals surface area contributed by atoms with Crippen molar-refractivity contribution in [1.29, 1.82) is 0 Å². The van der Waals surface area contributed by atoms with E-state index < -0.39 is 12.1 Å². The van der Waals surface area contributed by atoms with Gasteiger partial charge >= 0.3 is 5.97 Å². The molecule has 0 aliphatic rings. The first-order chi connectivity index (χ1) is 6.65. The highest BCUT2D eigenvalue weighted by Crippen LogP contribution is 2.24. The molecule has 1 aromatic rings. The second-order valence-electron chi connectivity index (χ2n) is 2.69. The van der Waals surface area contributed by atoms with Gasteiger partial charge in [0.25, 0.3) is 0 Å². The average molecular weight is 260 g/mol. The topological polar surface area (TPSA) is 59.4 Å². The van der Waals surface area contributed by atoms with Gasteiger partial charge in [0.1, 0.15) is 0 Å². The minimum Gasteiger partial charge on any atom is -0.469 e. The maximum atomic E-state index is 10.9. The number of ether oxygens (including phenoxy) is 1.